The molecule has 4 unspecified atom stereocenters. The van der Waals surface area contributed by atoms with E-state index < -0.39 is 0 Å². The Morgan fingerprint density at radius 2 is 1.00 bits per heavy atom. The molecule has 4 amide bonds. The first-order valence-corrected chi connectivity index (χ1v) is 13.5. The standard InChI is InChI=1S/C14H11NO3.C10H7NO2.C2H6.CH3I/c16-13-11-9-6-7-10(18-9)12(11)14(17)15(13)8-4-2-1-3-5-8;12-9-6-7-10(13)11(9)8-4-2-1-3-5-8;2*1-2/h1-7,9-12H;1-7H;1-2H3;1H3. The van der Waals surface area contributed by atoms with Crippen LogP contribution in [0.25, 0.3) is 0 Å². The summed E-state index contributed by atoms with van der Waals surface area (Å²) in [6.45, 7) is 4.00. The fourth-order valence-electron chi connectivity index (χ4n) is 4.37. The molecule has 0 aromatic heterocycles. The first kappa shape index (κ1) is 26.5. The van der Waals surface area contributed by atoms with E-state index in [9.17, 15) is 19.2 Å². The Balaban J connectivity index is 0.000000179. The normalized spacial score (nSPS) is 24.9. The molecular formula is C27H27IN2O5. The summed E-state index contributed by atoms with van der Waals surface area (Å²) in [5.41, 5.74) is 1.27. The third-order valence-electron chi connectivity index (χ3n) is 5.75. The number of hydrogen-bond donors (Lipinski definition) is 0. The van der Waals surface area contributed by atoms with Crippen molar-refractivity contribution in [2.75, 3.05) is 14.7 Å². The van der Waals surface area contributed by atoms with Gasteiger partial charge in [0.1, 0.15) is 0 Å². The lowest BCUT2D eigenvalue weighted by Gasteiger charge is -2.17. The summed E-state index contributed by atoms with van der Waals surface area (Å²) in [6.07, 6.45) is 5.90. The van der Waals surface area contributed by atoms with Gasteiger partial charge in [-0.3, -0.25) is 19.2 Å². The number of alkyl halides is 1. The van der Waals surface area contributed by atoms with Crippen molar-refractivity contribution in [3.05, 3.63) is 85.0 Å². The van der Waals surface area contributed by atoms with Crippen LogP contribution in [0, 0.1) is 11.8 Å². The minimum atomic E-state index is -0.326. The number of hydrogen-bond acceptors (Lipinski definition) is 5. The predicted octanol–water partition coefficient (Wildman–Crippen LogP) is 4.32. The molecule has 2 aromatic rings. The van der Waals surface area contributed by atoms with Crippen molar-refractivity contribution in [2.24, 2.45) is 11.8 Å². The van der Waals surface area contributed by atoms with Crippen LogP contribution in [-0.2, 0) is 23.9 Å². The van der Waals surface area contributed by atoms with E-state index in [4.69, 9.17) is 4.74 Å². The highest BCUT2D eigenvalue weighted by Crippen LogP contribution is 2.46. The van der Waals surface area contributed by atoms with Crippen LogP contribution < -0.4 is 9.80 Å². The molecule has 7 nitrogen and oxygen atoms in total. The zero-order valence-corrected chi connectivity index (χ0v) is 21.9. The van der Waals surface area contributed by atoms with Crippen LogP contribution in [0.5, 0.6) is 0 Å². The number of fused-ring (bicyclic) bond motifs is 5. The number of amides is 4. The van der Waals surface area contributed by atoms with Crippen LogP contribution in [0.3, 0.4) is 0 Å². The average Bonchev–Trinajstić information content (AvgIpc) is 3.67. The highest BCUT2D eigenvalue weighted by molar-refractivity contribution is 14.1. The molecule has 0 saturated carbocycles. The van der Waals surface area contributed by atoms with Crippen molar-refractivity contribution >= 4 is 57.6 Å². The largest absolute Gasteiger partial charge is 0.365 e. The van der Waals surface area contributed by atoms with Crippen LogP contribution in [0.2, 0.25) is 0 Å². The Morgan fingerprint density at radius 3 is 1.40 bits per heavy atom. The van der Waals surface area contributed by atoms with Gasteiger partial charge in [-0.1, -0.05) is 85.0 Å². The lowest BCUT2D eigenvalue weighted by atomic mass is 9.85. The SMILES string of the molecule is CC.CI.O=C1C2C3C=CC(O3)C2C(=O)N1c1ccccc1.O=C1C=CC(=O)N1c1ccccc1. The van der Waals surface area contributed by atoms with Gasteiger partial charge in [0, 0.05) is 12.2 Å². The van der Waals surface area contributed by atoms with Gasteiger partial charge < -0.3 is 4.74 Å². The summed E-state index contributed by atoms with van der Waals surface area (Å²) in [5.74, 6) is -1.48. The van der Waals surface area contributed by atoms with E-state index in [0.29, 0.717) is 11.4 Å². The van der Waals surface area contributed by atoms with E-state index in [1.807, 2.05) is 55.2 Å². The fraction of sp³-hybridized carbons (Fsp3) is 0.259. The predicted molar refractivity (Wildman–Crippen MR) is 143 cm³/mol. The van der Waals surface area contributed by atoms with Gasteiger partial charge in [-0.05, 0) is 29.2 Å². The second-order valence-electron chi connectivity index (χ2n) is 7.53. The Hall–Kier alpha value is -3.11. The Morgan fingerprint density at radius 1 is 0.629 bits per heavy atom. The van der Waals surface area contributed by atoms with Crippen LogP contribution in [0.4, 0.5) is 11.4 Å². The lowest BCUT2D eigenvalue weighted by Crippen LogP contribution is -2.34. The lowest BCUT2D eigenvalue weighted by molar-refractivity contribution is -0.125. The molecule has 35 heavy (non-hydrogen) atoms. The van der Waals surface area contributed by atoms with Crippen LogP contribution in [0.1, 0.15) is 13.8 Å². The van der Waals surface area contributed by atoms with Crippen LogP contribution in [-0.4, -0.2) is 40.8 Å². The van der Waals surface area contributed by atoms with Gasteiger partial charge >= 0.3 is 0 Å². The summed E-state index contributed by atoms with van der Waals surface area (Å²) >= 11 is 2.15. The number of rotatable bonds is 2. The van der Waals surface area contributed by atoms with Gasteiger partial charge in [0.2, 0.25) is 11.8 Å². The third kappa shape index (κ3) is 5.13. The van der Waals surface area contributed by atoms with Crippen molar-refractivity contribution in [1.82, 2.24) is 0 Å². The van der Waals surface area contributed by atoms with Gasteiger partial charge in [-0.15, -0.1) is 0 Å². The fourth-order valence-corrected chi connectivity index (χ4v) is 4.37. The molecule has 4 atom stereocenters. The number of para-hydroxylation sites is 2. The minimum Gasteiger partial charge on any atom is -0.365 e. The van der Waals surface area contributed by atoms with Crippen molar-refractivity contribution in [2.45, 2.75) is 26.1 Å². The number of halogens is 1. The highest BCUT2D eigenvalue weighted by Gasteiger charge is 2.60. The Kier molecular flexibility index (Phi) is 9.11. The molecule has 182 valence electrons. The molecule has 0 spiro atoms. The molecule has 4 aliphatic rings. The molecule has 0 N–H and O–H groups in total. The smallest absolute Gasteiger partial charge is 0.258 e. The highest BCUT2D eigenvalue weighted by atomic mass is 127. The molecule has 2 saturated heterocycles. The van der Waals surface area contributed by atoms with E-state index in [2.05, 4.69) is 22.6 Å². The second-order valence-corrected chi connectivity index (χ2v) is 7.53. The second kappa shape index (κ2) is 12.0. The molecule has 4 heterocycles. The molecule has 2 aromatic carbocycles. The quantitative estimate of drug-likeness (QED) is 0.227. The number of imide groups is 2. The number of carbonyl (C=O) groups excluding carboxylic acids is 4. The third-order valence-corrected chi connectivity index (χ3v) is 5.75. The van der Waals surface area contributed by atoms with Gasteiger partial charge in [0.15, 0.2) is 0 Å². The van der Waals surface area contributed by atoms with Gasteiger partial charge in [0.05, 0.1) is 35.4 Å². The summed E-state index contributed by atoms with van der Waals surface area (Å²) < 4.78 is 5.58. The number of carbonyl (C=O) groups is 4. The average molecular weight is 586 g/mol. The molecule has 0 aliphatic carbocycles. The minimum absolute atomic E-state index is 0.131. The first-order valence-electron chi connectivity index (χ1n) is 11.3. The zero-order chi connectivity index (χ0) is 25.5. The number of ether oxygens (including phenoxy) is 1. The molecule has 6 rings (SSSR count). The number of benzene rings is 2. The topological polar surface area (TPSA) is 84.0 Å². The van der Waals surface area contributed by atoms with E-state index in [1.165, 1.54) is 17.1 Å². The van der Waals surface area contributed by atoms with Crippen LogP contribution in [0.15, 0.2) is 85.0 Å². The Bertz CT molecular complexity index is 1080. The Labute approximate surface area is 218 Å². The zero-order valence-electron chi connectivity index (χ0n) is 19.7. The van der Waals surface area contributed by atoms with Crippen molar-refractivity contribution in [3.8, 4) is 0 Å². The van der Waals surface area contributed by atoms with E-state index in [1.54, 1.807) is 36.4 Å². The summed E-state index contributed by atoms with van der Waals surface area (Å²) in [4.78, 5) is 51.6. The van der Waals surface area contributed by atoms with E-state index in [-0.39, 0.29) is 47.7 Å². The molecular weight excluding hydrogens is 559 g/mol. The van der Waals surface area contributed by atoms with Crippen molar-refractivity contribution < 1.29 is 23.9 Å². The van der Waals surface area contributed by atoms with E-state index in [0.717, 1.165) is 4.90 Å². The maximum atomic E-state index is 12.4. The molecule has 2 fully saturated rings. The summed E-state index contributed by atoms with van der Waals surface area (Å²) in [7, 11) is 0. The molecule has 4 aliphatic heterocycles. The number of anilines is 2. The van der Waals surface area contributed by atoms with Crippen LogP contribution >= 0.6 is 22.6 Å². The monoisotopic (exact) mass is 586 g/mol. The van der Waals surface area contributed by atoms with Gasteiger partial charge in [-0.2, -0.15) is 0 Å². The summed E-state index contributed by atoms with van der Waals surface area (Å²) in [5, 5.41) is 0. The van der Waals surface area contributed by atoms with Gasteiger partial charge in [-0.25, -0.2) is 9.80 Å². The van der Waals surface area contributed by atoms with Gasteiger partial charge in [0.25, 0.3) is 11.8 Å². The molecule has 8 heteroatoms. The van der Waals surface area contributed by atoms with Crippen molar-refractivity contribution in [1.29, 1.82) is 0 Å². The molecule has 2 bridgehead atoms. The molecule has 0 radical (unpaired) electrons. The maximum absolute atomic E-state index is 12.4. The van der Waals surface area contributed by atoms with E-state index >= 15 is 0 Å². The summed E-state index contributed by atoms with van der Waals surface area (Å²) in [6, 6.07) is 17.9. The maximum Gasteiger partial charge on any atom is 0.258 e. The first-order chi connectivity index (χ1) is 17.1. The number of nitrogens with zero attached hydrogens (tertiary/aromatic N) is 2. The van der Waals surface area contributed by atoms with Crippen molar-refractivity contribution in [3.63, 3.8) is 0 Å².